The zero-order chi connectivity index (χ0) is 24.1. The molecule has 0 saturated carbocycles. The second-order valence-electron chi connectivity index (χ2n) is 7.78. The van der Waals surface area contributed by atoms with Crippen LogP contribution >= 0.6 is 0 Å². The molecule has 0 aliphatic rings. The van der Waals surface area contributed by atoms with Gasteiger partial charge < -0.3 is 14.4 Å². The van der Waals surface area contributed by atoms with Crippen molar-refractivity contribution < 1.29 is 9.84 Å². The summed E-state index contributed by atoms with van der Waals surface area (Å²) < 4.78 is 8.43. The number of fused-ring (bicyclic) bond motifs is 1. The number of nitrogens with one attached hydrogen (secondary N) is 2. The van der Waals surface area contributed by atoms with Crippen LogP contribution in [-0.2, 0) is 20.0 Å². The highest BCUT2D eigenvalue weighted by Gasteiger charge is 2.20. The van der Waals surface area contributed by atoms with Gasteiger partial charge in [-0.15, -0.1) is 0 Å². The molecule has 0 bridgehead atoms. The molecule has 0 aliphatic heterocycles. The van der Waals surface area contributed by atoms with Gasteiger partial charge in [-0.2, -0.15) is 10.1 Å². The van der Waals surface area contributed by atoms with Crippen LogP contribution in [0.5, 0.6) is 5.75 Å². The van der Waals surface area contributed by atoms with Crippen LogP contribution in [0.2, 0.25) is 0 Å². The lowest BCUT2D eigenvalue weighted by molar-refractivity contribution is 0.0938. The SMILES string of the molecule is CCc1ccc(OC[C@@H](O)Cn2c(N/N=C\c3ccccc3)nc3c2c(=O)[nH]c(=O)n3C)cc1. The molecule has 0 saturated heterocycles. The molecule has 4 rings (SSSR count). The van der Waals surface area contributed by atoms with Gasteiger partial charge in [-0.25, -0.2) is 10.2 Å². The molecule has 0 spiro atoms. The third-order valence-electron chi connectivity index (χ3n) is 5.35. The molecular weight excluding hydrogens is 436 g/mol. The summed E-state index contributed by atoms with van der Waals surface area (Å²) in [5.74, 6) is 0.845. The summed E-state index contributed by atoms with van der Waals surface area (Å²) in [6.45, 7) is 2.07. The van der Waals surface area contributed by atoms with Gasteiger partial charge in [0.05, 0.1) is 12.8 Å². The van der Waals surface area contributed by atoms with E-state index < -0.39 is 17.4 Å². The number of H-pyrrole nitrogens is 1. The van der Waals surface area contributed by atoms with Crippen molar-refractivity contribution in [2.24, 2.45) is 12.1 Å². The van der Waals surface area contributed by atoms with Crippen LogP contribution in [-0.4, -0.2) is 43.1 Å². The first kappa shape index (κ1) is 23.0. The highest BCUT2D eigenvalue weighted by atomic mass is 16.5. The predicted molar refractivity (Wildman–Crippen MR) is 131 cm³/mol. The largest absolute Gasteiger partial charge is 0.491 e. The van der Waals surface area contributed by atoms with E-state index in [2.05, 4.69) is 27.4 Å². The van der Waals surface area contributed by atoms with Gasteiger partial charge in [-0.1, -0.05) is 49.4 Å². The molecule has 2 aromatic heterocycles. The Morgan fingerprint density at radius 1 is 1.18 bits per heavy atom. The summed E-state index contributed by atoms with van der Waals surface area (Å²) in [6.07, 6.45) is 1.57. The Labute approximate surface area is 195 Å². The molecule has 2 aromatic carbocycles. The number of benzene rings is 2. The third-order valence-corrected chi connectivity index (χ3v) is 5.35. The van der Waals surface area contributed by atoms with Crippen molar-refractivity contribution in [1.29, 1.82) is 0 Å². The molecule has 0 unspecified atom stereocenters. The van der Waals surface area contributed by atoms with E-state index in [1.165, 1.54) is 21.7 Å². The van der Waals surface area contributed by atoms with Crippen LogP contribution < -0.4 is 21.4 Å². The molecule has 1 atom stereocenters. The molecule has 4 aromatic rings. The van der Waals surface area contributed by atoms with Gasteiger partial charge >= 0.3 is 5.69 Å². The number of hydrogen-bond acceptors (Lipinski definition) is 7. The number of anilines is 1. The number of aliphatic hydroxyl groups is 1. The summed E-state index contributed by atoms with van der Waals surface area (Å²) in [7, 11) is 1.51. The van der Waals surface area contributed by atoms with E-state index in [1.807, 2.05) is 54.6 Å². The first-order valence-electron chi connectivity index (χ1n) is 10.9. The van der Waals surface area contributed by atoms with E-state index in [0.717, 1.165) is 12.0 Å². The normalized spacial score (nSPS) is 12.3. The number of hydrogen-bond donors (Lipinski definition) is 3. The van der Waals surface area contributed by atoms with Gasteiger partial charge in [0.25, 0.3) is 5.56 Å². The maximum absolute atomic E-state index is 12.6. The molecule has 0 amide bonds. The Balaban J connectivity index is 1.59. The number of aliphatic hydroxyl groups excluding tert-OH is 1. The van der Waals surface area contributed by atoms with Crippen LogP contribution in [0.25, 0.3) is 11.2 Å². The van der Waals surface area contributed by atoms with Crippen molar-refractivity contribution in [1.82, 2.24) is 19.1 Å². The fourth-order valence-corrected chi connectivity index (χ4v) is 3.48. The van der Waals surface area contributed by atoms with E-state index >= 15 is 0 Å². The highest BCUT2D eigenvalue weighted by Crippen LogP contribution is 2.17. The van der Waals surface area contributed by atoms with Crippen molar-refractivity contribution in [3.05, 3.63) is 86.6 Å². The smallest absolute Gasteiger partial charge is 0.329 e. The van der Waals surface area contributed by atoms with E-state index in [1.54, 1.807) is 6.21 Å². The Morgan fingerprint density at radius 2 is 1.91 bits per heavy atom. The Bertz CT molecular complexity index is 1400. The van der Waals surface area contributed by atoms with Crippen molar-refractivity contribution in [3.8, 4) is 5.75 Å². The standard InChI is InChI=1S/C24H26N6O4/c1-3-16-9-11-19(12-10-16)34-15-18(31)14-30-20-21(29(2)24(33)27-22(20)32)26-23(30)28-25-13-17-7-5-4-6-8-17/h4-13,18,31H,3,14-15H2,1-2H3,(H,26,28)(H,27,32,33)/b25-13-/t18-/m0/s1. The van der Waals surface area contributed by atoms with Gasteiger partial charge in [0, 0.05) is 7.05 Å². The predicted octanol–water partition coefficient (Wildman–Crippen LogP) is 1.87. The van der Waals surface area contributed by atoms with Crippen molar-refractivity contribution in [2.45, 2.75) is 26.0 Å². The lowest BCUT2D eigenvalue weighted by Gasteiger charge is -2.15. The van der Waals surface area contributed by atoms with Crippen LogP contribution in [0.4, 0.5) is 5.95 Å². The Hall–Kier alpha value is -4.18. The average Bonchev–Trinajstić information content (AvgIpc) is 3.21. The molecule has 10 nitrogen and oxygen atoms in total. The molecule has 0 fully saturated rings. The fourth-order valence-electron chi connectivity index (χ4n) is 3.48. The van der Waals surface area contributed by atoms with Gasteiger partial charge in [0.2, 0.25) is 5.95 Å². The molecule has 176 valence electrons. The average molecular weight is 463 g/mol. The zero-order valence-electron chi connectivity index (χ0n) is 18.9. The van der Waals surface area contributed by atoms with E-state index in [0.29, 0.717) is 5.75 Å². The lowest BCUT2D eigenvalue weighted by Crippen LogP contribution is -2.30. The second-order valence-corrected chi connectivity index (χ2v) is 7.78. The van der Waals surface area contributed by atoms with Gasteiger partial charge in [-0.3, -0.25) is 14.3 Å². The van der Waals surface area contributed by atoms with Gasteiger partial charge in [-0.05, 0) is 29.7 Å². The minimum absolute atomic E-state index is 0.00152. The van der Waals surface area contributed by atoms with Crippen LogP contribution in [0, 0.1) is 0 Å². The first-order valence-corrected chi connectivity index (χ1v) is 10.9. The number of rotatable bonds is 9. The molecule has 3 N–H and O–H groups in total. The lowest BCUT2D eigenvalue weighted by atomic mass is 10.2. The number of imidazole rings is 1. The van der Waals surface area contributed by atoms with E-state index in [4.69, 9.17) is 4.74 Å². The summed E-state index contributed by atoms with van der Waals surface area (Å²) >= 11 is 0. The summed E-state index contributed by atoms with van der Waals surface area (Å²) in [4.78, 5) is 31.3. The maximum atomic E-state index is 12.6. The van der Waals surface area contributed by atoms with Gasteiger partial charge in [0.15, 0.2) is 11.2 Å². The molecule has 10 heteroatoms. The molecule has 0 radical (unpaired) electrons. The molecule has 2 heterocycles. The summed E-state index contributed by atoms with van der Waals surface area (Å²) in [5.41, 5.74) is 4.01. The van der Waals surface area contributed by atoms with Gasteiger partial charge in [0.1, 0.15) is 18.5 Å². The number of aryl methyl sites for hydroxylation is 2. The van der Waals surface area contributed by atoms with Crippen LogP contribution in [0.15, 0.2) is 69.3 Å². The molecule has 34 heavy (non-hydrogen) atoms. The number of hydrazone groups is 1. The summed E-state index contributed by atoms with van der Waals surface area (Å²) in [5, 5.41) is 14.9. The second kappa shape index (κ2) is 10.2. The topological polar surface area (TPSA) is 127 Å². The molecular formula is C24H26N6O4. The minimum Gasteiger partial charge on any atom is -0.491 e. The van der Waals surface area contributed by atoms with Crippen LogP contribution in [0.1, 0.15) is 18.1 Å². The Kier molecular flexibility index (Phi) is 6.88. The van der Waals surface area contributed by atoms with Crippen molar-refractivity contribution >= 4 is 23.3 Å². The minimum atomic E-state index is -0.960. The van der Waals surface area contributed by atoms with E-state index in [9.17, 15) is 14.7 Å². The monoisotopic (exact) mass is 462 g/mol. The molecule has 0 aliphatic carbocycles. The highest BCUT2D eigenvalue weighted by molar-refractivity contribution is 5.80. The fraction of sp³-hybridized carbons (Fsp3) is 0.250. The Morgan fingerprint density at radius 3 is 2.62 bits per heavy atom. The summed E-state index contributed by atoms with van der Waals surface area (Å²) in [6, 6.07) is 17.1. The van der Waals surface area contributed by atoms with Crippen molar-refractivity contribution in [2.75, 3.05) is 12.0 Å². The number of aromatic amines is 1. The quantitative estimate of drug-likeness (QED) is 0.258. The zero-order valence-corrected chi connectivity index (χ0v) is 18.9. The number of aromatic nitrogens is 4. The number of nitrogens with zero attached hydrogens (tertiary/aromatic N) is 4. The van der Waals surface area contributed by atoms with Crippen molar-refractivity contribution in [3.63, 3.8) is 0 Å². The number of ether oxygens (including phenoxy) is 1. The third kappa shape index (κ3) is 5.07. The van der Waals surface area contributed by atoms with E-state index in [-0.39, 0.29) is 30.3 Å². The maximum Gasteiger partial charge on any atom is 0.329 e. The van der Waals surface area contributed by atoms with Crippen LogP contribution in [0.3, 0.4) is 0 Å². The first-order chi connectivity index (χ1) is 16.5.